The normalized spacial score (nSPS) is 11.9. The number of aryl methyl sites for hydroxylation is 2. The molecule has 132 valence electrons. The fourth-order valence-electron chi connectivity index (χ4n) is 2.69. The van der Waals surface area contributed by atoms with Crippen LogP contribution >= 0.6 is 11.3 Å². The van der Waals surface area contributed by atoms with Crippen LogP contribution in [0, 0.1) is 0 Å². The van der Waals surface area contributed by atoms with Crippen molar-refractivity contribution in [2.45, 2.75) is 19.5 Å². The summed E-state index contributed by atoms with van der Waals surface area (Å²) in [5.74, 6) is 0.118. The molecule has 0 spiro atoms. The van der Waals surface area contributed by atoms with Crippen LogP contribution in [0.1, 0.15) is 16.1 Å². The molecule has 2 aromatic heterocycles. The molecule has 0 atom stereocenters. The summed E-state index contributed by atoms with van der Waals surface area (Å²) in [5, 5.41) is 1.98. The molecule has 0 N–H and O–H groups in total. The molecular weight excluding hydrogens is 352 g/mol. The third-order valence-electron chi connectivity index (χ3n) is 4.19. The van der Waals surface area contributed by atoms with E-state index < -0.39 is 10.0 Å². The van der Waals surface area contributed by atoms with Gasteiger partial charge in [0, 0.05) is 30.4 Å². The van der Waals surface area contributed by atoms with E-state index in [1.54, 1.807) is 15.6 Å². The minimum absolute atomic E-state index is 0.118. The van der Waals surface area contributed by atoms with Crippen LogP contribution < -0.4 is 0 Å². The van der Waals surface area contributed by atoms with Gasteiger partial charge in [-0.2, -0.15) is 4.31 Å². The fourth-order valence-corrected chi connectivity index (χ4v) is 4.91. The second kappa shape index (κ2) is 7.99. The molecular formula is C19H22N2O2S2. The van der Waals surface area contributed by atoms with E-state index in [9.17, 15) is 8.42 Å². The van der Waals surface area contributed by atoms with Gasteiger partial charge < -0.3 is 4.57 Å². The maximum Gasteiger partial charge on any atom is 0.215 e. The number of nitrogens with zero attached hydrogens (tertiary/aromatic N) is 2. The minimum atomic E-state index is -3.36. The van der Waals surface area contributed by atoms with Crippen LogP contribution in [-0.2, 0) is 36.6 Å². The molecule has 0 aliphatic carbocycles. The van der Waals surface area contributed by atoms with Crippen LogP contribution in [-0.4, -0.2) is 23.0 Å². The summed E-state index contributed by atoms with van der Waals surface area (Å²) in [7, 11) is -1.42. The van der Waals surface area contributed by atoms with Gasteiger partial charge in [-0.3, -0.25) is 0 Å². The second-order valence-corrected chi connectivity index (χ2v) is 9.13. The van der Waals surface area contributed by atoms with Gasteiger partial charge in [0.05, 0.1) is 12.3 Å². The van der Waals surface area contributed by atoms with E-state index in [4.69, 9.17) is 0 Å². The van der Waals surface area contributed by atoms with Crippen LogP contribution in [0.2, 0.25) is 0 Å². The summed E-state index contributed by atoms with van der Waals surface area (Å²) in [5.41, 5.74) is 2.03. The third kappa shape index (κ3) is 4.81. The van der Waals surface area contributed by atoms with Crippen molar-refractivity contribution in [3.8, 4) is 0 Å². The average molecular weight is 375 g/mol. The average Bonchev–Trinajstić information content (AvgIpc) is 3.26. The molecule has 6 heteroatoms. The summed E-state index contributed by atoms with van der Waals surface area (Å²) < 4.78 is 29.5. The van der Waals surface area contributed by atoms with Crippen molar-refractivity contribution in [2.24, 2.45) is 7.05 Å². The van der Waals surface area contributed by atoms with E-state index >= 15 is 0 Å². The summed E-state index contributed by atoms with van der Waals surface area (Å²) in [4.78, 5) is 1.05. The zero-order valence-electron chi connectivity index (χ0n) is 14.2. The topological polar surface area (TPSA) is 42.3 Å². The van der Waals surface area contributed by atoms with Crippen LogP contribution in [0.3, 0.4) is 0 Å². The predicted molar refractivity (Wildman–Crippen MR) is 103 cm³/mol. The highest BCUT2D eigenvalue weighted by Gasteiger charge is 2.23. The first-order chi connectivity index (χ1) is 12.0. The van der Waals surface area contributed by atoms with Gasteiger partial charge >= 0.3 is 0 Å². The largest absolute Gasteiger partial charge is 0.353 e. The Kier molecular flexibility index (Phi) is 5.73. The molecule has 3 rings (SSSR count). The first kappa shape index (κ1) is 17.9. The van der Waals surface area contributed by atoms with Crippen molar-refractivity contribution < 1.29 is 8.42 Å². The zero-order chi connectivity index (χ0) is 17.7. The highest BCUT2D eigenvalue weighted by atomic mass is 32.2. The molecule has 1 aromatic carbocycles. The van der Waals surface area contributed by atoms with Gasteiger partial charge in [0.15, 0.2) is 0 Å². The lowest BCUT2D eigenvalue weighted by Crippen LogP contribution is -2.33. The minimum Gasteiger partial charge on any atom is -0.353 e. The Balaban J connectivity index is 1.77. The molecule has 4 nitrogen and oxygen atoms in total. The molecule has 0 amide bonds. The van der Waals surface area contributed by atoms with Gasteiger partial charge in [-0.15, -0.1) is 11.3 Å². The van der Waals surface area contributed by atoms with Crippen LogP contribution in [0.25, 0.3) is 0 Å². The number of hydrogen-bond donors (Lipinski definition) is 0. The second-order valence-electron chi connectivity index (χ2n) is 6.01. The Morgan fingerprint density at radius 3 is 2.44 bits per heavy atom. The molecule has 0 fully saturated rings. The van der Waals surface area contributed by atoms with Gasteiger partial charge in [-0.25, -0.2) is 8.42 Å². The lowest BCUT2D eigenvalue weighted by Gasteiger charge is -2.22. The number of thiophene rings is 1. The Morgan fingerprint density at radius 2 is 1.80 bits per heavy atom. The van der Waals surface area contributed by atoms with Crippen LogP contribution in [0.5, 0.6) is 0 Å². The van der Waals surface area contributed by atoms with Crippen molar-refractivity contribution in [1.29, 1.82) is 0 Å². The van der Waals surface area contributed by atoms with Gasteiger partial charge in [0.1, 0.15) is 0 Å². The Morgan fingerprint density at radius 1 is 1.00 bits per heavy atom. The molecule has 0 aliphatic heterocycles. The highest BCUT2D eigenvalue weighted by molar-refractivity contribution is 7.89. The number of aromatic nitrogens is 1. The van der Waals surface area contributed by atoms with E-state index in [0.29, 0.717) is 19.5 Å². The maximum absolute atomic E-state index is 13.0. The van der Waals surface area contributed by atoms with Crippen molar-refractivity contribution in [3.05, 3.63) is 82.3 Å². The van der Waals surface area contributed by atoms with Crippen molar-refractivity contribution in [2.75, 3.05) is 5.75 Å². The van der Waals surface area contributed by atoms with Gasteiger partial charge in [-0.05, 0) is 35.6 Å². The molecule has 2 heterocycles. The molecule has 25 heavy (non-hydrogen) atoms. The Bertz CT molecular complexity index is 885. The van der Waals surface area contributed by atoms with E-state index in [0.717, 1.165) is 16.1 Å². The van der Waals surface area contributed by atoms with Crippen molar-refractivity contribution >= 4 is 21.4 Å². The van der Waals surface area contributed by atoms with E-state index in [1.165, 1.54) is 0 Å². The summed E-state index contributed by atoms with van der Waals surface area (Å²) in [6.07, 6.45) is 2.46. The standard InChI is InChI=1S/C19H22N2O2S2/c1-20-12-5-9-18(20)15-21(16-19-10-6-13-24-19)25(22,23)14-11-17-7-3-2-4-8-17/h2-10,12-13H,11,14-16H2,1H3. The molecule has 0 saturated carbocycles. The molecule has 0 radical (unpaired) electrons. The zero-order valence-corrected chi connectivity index (χ0v) is 15.8. The molecule has 0 bridgehead atoms. The van der Waals surface area contributed by atoms with E-state index in [-0.39, 0.29) is 5.75 Å². The maximum atomic E-state index is 13.0. The lowest BCUT2D eigenvalue weighted by atomic mass is 10.2. The number of benzene rings is 1. The number of hydrogen-bond acceptors (Lipinski definition) is 3. The van der Waals surface area contributed by atoms with Gasteiger partial charge in [0.2, 0.25) is 10.0 Å². The van der Waals surface area contributed by atoms with Gasteiger partial charge in [0.25, 0.3) is 0 Å². The molecule has 3 aromatic rings. The van der Waals surface area contributed by atoms with Crippen molar-refractivity contribution in [3.63, 3.8) is 0 Å². The fraction of sp³-hybridized carbons (Fsp3) is 0.263. The van der Waals surface area contributed by atoms with Crippen LogP contribution in [0.4, 0.5) is 0 Å². The number of rotatable bonds is 8. The first-order valence-electron chi connectivity index (χ1n) is 8.19. The predicted octanol–water partition coefficient (Wildman–Crippen LogP) is 3.66. The lowest BCUT2D eigenvalue weighted by molar-refractivity contribution is 0.395. The third-order valence-corrected chi connectivity index (χ3v) is 6.81. The summed E-state index contributed by atoms with van der Waals surface area (Å²) in [6.45, 7) is 0.804. The quantitative estimate of drug-likeness (QED) is 0.604. The molecule has 0 saturated heterocycles. The SMILES string of the molecule is Cn1cccc1CN(Cc1cccs1)S(=O)(=O)CCc1ccccc1. The molecule has 0 unspecified atom stereocenters. The summed E-state index contributed by atoms with van der Waals surface area (Å²) in [6, 6.07) is 17.6. The monoisotopic (exact) mass is 374 g/mol. The Hall–Kier alpha value is -1.89. The smallest absolute Gasteiger partial charge is 0.215 e. The van der Waals surface area contributed by atoms with E-state index in [1.807, 2.05) is 77.8 Å². The van der Waals surface area contributed by atoms with Crippen LogP contribution in [0.15, 0.2) is 66.2 Å². The van der Waals surface area contributed by atoms with Crippen molar-refractivity contribution in [1.82, 2.24) is 8.87 Å². The van der Waals surface area contributed by atoms with E-state index in [2.05, 4.69) is 0 Å². The molecule has 0 aliphatic rings. The van der Waals surface area contributed by atoms with Gasteiger partial charge in [-0.1, -0.05) is 36.4 Å². The Labute approximate surface area is 153 Å². The number of sulfonamides is 1. The summed E-state index contributed by atoms with van der Waals surface area (Å²) >= 11 is 1.59. The first-order valence-corrected chi connectivity index (χ1v) is 10.7. The highest BCUT2D eigenvalue weighted by Crippen LogP contribution is 2.19.